The number of unbranched alkanes of at least 4 members (excludes halogenated alkanes) is 2. The fourth-order valence-corrected chi connectivity index (χ4v) is 3.05. The molecule has 0 spiro atoms. The maximum atomic E-state index is 14.3. The Labute approximate surface area is 151 Å². The van der Waals surface area contributed by atoms with Gasteiger partial charge in [0.15, 0.2) is 0 Å². The monoisotopic (exact) mass is 356 g/mol. The van der Waals surface area contributed by atoms with E-state index in [9.17, 15) is 8.78 Å². The van der Waals surface area contributed by atoms with E-state index >= 15 is 0 Å². The second-order valence-corrected chi connectivity index (χ2v) is 12.2. The van der Waals surface area contributed by atoms with Gasteiger partial charge in [-0.3, -0.25) is 0 Å². The maximum absolute atomic E-state index is 14.3. The third-order valence-corrected chi connectivity index (χ3v) is 4.84. The van der Waals surface area contributed by atoms with Crippen molar-refractivity contribution < 1.29 is 8.78 Å². The molecule has 0 fully saturated rings. The zero-order valence-electron chi connectivity index (χ0n) is 15.5. The largest absolute Gasteiger partial charge is 0.205 e. The van der Waals surface area contributed by atoms with E-state index in [1.54, 1.807) is 0 Å². The van der Waals surface area contributed by atoms with E-state index in [0.717, 1.165) is 12.0 Å². The standard InChI is InChI=1S/C22H26F2Si/c1-5-6-7-8-17-9-11-18(12-10-17)19-15-21(23)20(22(24)16-19)13-14-25(2,3)4/h9-12,15-16H,5-8H2,1-4H3. The SMILES string of the molecule is CCCCCc1ccc(-c2cc(F)c(C#C[Si](C)(C)C)c(F)c2)cc1. The molecule has 132 valence electrons. The summed E-state index contributed by atoms with van der Waals surface area (Å²) >= 11 is 0. The van der Waals surface area contributed by atoms with E-state index in [0.29, 0.717) is 5.56 Å². The van der Waals surface area contributed by atoms with Crippen LogP contribution in [0, 0.1) is 23.1 Å². The van der Waals surface area contributed by atoms with Gasteiger partial charge in [-0.05, 0) is 41.7 Å². The molecule has 0 aliphatic rings. The third kappa shape index (κ3) is 5.83. The molecule has 0 atom stereocenters. The summed E-state index contributed by atoms with van der Waals surface area (Å²) in [5.41, 5.74) is 5.53. The topological polar surface area (TPSA) is 0 Å². The third-order valence-electron chi connectivity index (χ3n) is 3.96. The molecule has 0 heterocycles. The average Bonchev–Trinajstić information content (AvgIpc) is 2.54. The zero-order chi connectivity index (χ0) is 18.4. The molecule has 2 aromatic carbocycles. The second-order valence-electron chi connectivity index (χ2n) is 7.47. The van der Waals surface area contributed by atoms with Crippen LogP contribution in [0.5, 0.6) is 0 Å². The summed E-state index contributed by atoms with van der Waals surface area (Å²) in [6, 6.07) is 10.7. The number of hydrogen-bond acceptors (Lipinski definition) is 0. The summed E-state index contributed by atoms with van der Waals surface area (Å²) in [5, 5.41) is 0. The molecule has 3 heteroatoms. The predicted molar refractivity (Wildman–Crippen MR) is 105 cm³/mol. The van der Waals surface area contributed by atoms with Crippen molar-refractivity contribution in [2.75, 3.05) is 0 Å². The number of hydrogen-bond donors (Lipinski definition) is 0. The molecule has 25 heavy (non-hydrogen) atoms. The highest BCUT2D eigenvalue weighted by Gasteiger charge is 2.13. The van der Waals surface area contributed by atoms with E-state index in [-0.39, 0.29) is 5.56 Å². The number of aryl methyl sites for hydroxylation is 1. The van der Waals surface area contributed by atoms with Gasteiger partial charge in [-0.25, -0.2) is 8.78 Å². The summed E-state index contributed by atoms with van der Waals surface area (Å²) in [5.74, 6) is 1.52. The molecular weight excluding hydrogens is 330 g/mol. The molecule has 0 amide bonds. The van der Waals surface area contributed by atoms with E-state index in [4.69, 9.17) is 0 Å². The van der Waals surface area contributed by atoms with E-state index in [1.807, 2.05) is 43.9 Å². The van der Waals surface area contributed by atoms with Crippen molar-refractivity contribution in [2.24, 2.45) is 0 Å². The van der Waals surface area contributed by atoms with Crippen molar-refractivity contribution in [3.05, 3.63) is 59.2 Å². The van der Waals surface area contributed by atoms with Crippen LogP contribution in [0.3, 0.4) is 0 Å². The number of rotatable bonds is 5. The summed E-state index contributed by atoms with van der Waals surface area (Å²) in [7, 11) is -1.68. The van der Waals surface area contributed by atoms with E-state index in [1.165, 1.54) is 37.0 Å². The van der Waals surface area contributed by atoms with Crippen molar-refractivity contribution in [1.29, 1.82) is 0 Å². The molecule has 0 bridgehead atoms. The van der Waals surface area contributed by atoms with Crippen molar-refractivity contribution in [2.45, 2.75) is 52.2 Å². The minimum atomic E-state index is -1.68. The number of benzene rings is 2. The highest BCUT2D eigenvalue weighted by atomic mass is 28.3. The lowest BCUT2D eigenvalue weighted by Crippen LogP contribution is -2.16. The lowest BCUT2D eigenvalue weighted by molar-refractivity contribution is 0.578. The van der Waals surface area contributed by atoms with Gasteiger partial charge >= 0.3 is 0 Å². The molecule has 0 aliphatic heterocycles. The van der Waals surface area contributed by atoms with Gasteiger partial charge < -0.3 is 0 Å². The highest BCUT2D eigenvalue weighted by molar-refractivity contribution is 6.83. The highest BCUT2D eigenvalue weighted by Crippen LogP contribution is 2.25. The normalized spacial score (nSPS) is 11.1. The predicted octanol–water partition coefficient (Wildman–Crippen LogP) is 6.59. The van der Waals surface area contributed by atoms with Gasteiger partial charge in [-0.1, -0.05) is 69.6 Å². The van der Waals surface area contributed by atoms with Gasteiger partial charge in [0, 0.05) is 0 Å². The van der Waals surface area contributed by atoms with Crippen molar-refractivity contribution in [3.63, 3.8) is 0 Å². The van der Waals surface area contributed by atoms with Gasteiger partial charge in [-0.2, -0.15) is 0 Å². The summed E-state index contributed by atoms with van der Waals surface area (Å²) < 4.78 is 28.7. The molecule has 0 aromatic heterocycles. The first-order chi connectivity index (χ1) is 11.8. The first kappa shape index (κ1) is 19.4. The molecule has 2 rings (SSSR count). The zero-order valence-corrected chi connectivity index (χ0v) is 16.5. The molecule has 2 aromatic rings. The Morgan fingerprint density at radius 3 is 2.00 bits per heavy atom. The molecule has 0 unspecified atom stereocenters. The fourth-order valence-electron chi connectivity index (χ4n) is 2.55. The minimum absolute atomic E-state index is 0.123. The Kier molecular flexibility index (Phi) is 6.55. The lowest BCUT2D eigenvalue weighted by Gasteiger charge is -2.08. The number of halogens is 2. The smallest absolute Gasteiger partial charge is 0.142 e. The van der Waals surface area contributed by atoms with Crippen molar-refractivity contribution in [3.8, 4) is 22.6 Å². The van der Waals surface area contributed by atoms with Crippen molar-refractivity contribution >= 4 is 8.07 Å². The van der Waals surface area contributed by atoms with Gasteiger partial charge in [0.25, 0.3) is 0 Å². The first-order valence-corrected chi connectivity index (χ1v) is 12.4. The van der Waals surface area contributed by atoms with Gasteiger partial charge in [-0.15, -0.1) is 5.54 Å². The van der Waals surface area contributed by atoms with E-state index < -0.39 is 19.7 Å². The molecule has 0 saturated heterocycles. The van der Waals surface area contributed by atoms with Crippen LogP contribution in [-0.4, -0.2) is 8.07 Å². The molecular formula is C22H26F2Si. The van der Waals surface area contributed by atoms with Crippen LogP contribution in [-0.2, 0) is 6.42 Å². The Morgan fingerprint density at radius 2 is 1.48 bits per heavy atom. The van der Waals surface area contributed by atoms with Crippen LogP contribution >= 0.6 is 0 Å². The maximum Gasteiger partial charge on any atom is 0.142 e. The Morgan fingerprint density at radius 1 is 0.880 bits per heavy atom. The Balaban J connectivity index is 2.24. The molecule has 0 aliphatic carbocycles. The van der Waals surface area contributed by atoms with Crippen LogP contribution in [0.25, 0.3) is 11.1 Å². The second kappa shape index (κ2) is 8.45. The van der Waals surface area contributed by atoms with Gasteiger partial charge in [0.05, 0.1) is 5.56 Å². The van der Waals surface area contributed by atoms with Crippen LogP contribution < -0.4 is 0 Å². The van der Waals surface area contributed by atoms with Crippen molar-refractivity contribution in [1.82, 2.24) is 0 Å². The molecule has 0 saturated carbocycles. The fraction of sp³-hybridized carbons (Fsp3) is 0.364. The first-order valence-electron chi connectivity index (χ1n) is 8.91. The quantitative estimate of drug-likeness (QED) is 0.322. The average molecular weight is 357 g/mol. The summed E-state index contributed by atoms with van der Waals surface area (Å²) in [4.78, 5) is 0. The van der Waals surface area contributed by atoms with Gasteiger partial charge in [0.2, 0.25) is 0 Å². The lowest BCUT2D eigenvalue weighted by atomic mass is 10.00. The minimum Gasteiger partial charge on any atom is -0.205 e. The molecule has 0 N–H and O–H groups in total. The summed E-state index contributed by atoms with van der Waals surface area (Å²) in [6.45, 7) is 8.33. The molecule has 0 radical (unpaired) electrons. The van der Waals surface area contributed by atoms with E-state index in [2.05, 4.69) is 18.4 Å². The van der Waals surface area contributed by atoms with Gasteiger partial charge in [0.1, 0.15) is 19.7 Å². The molecule has 0 nitrogen and oxygen atoms in total. The van der Waals surface area contributed by atoms with Crippen LogP contribution in [0.4, 0.5) is 8.78 Å². The van der Waals surface area contributed by atoms with Crippen LogP contribution in [0.1, 0.15) is 37.3 Å². The summed E-state index contributed by atoms with van der Waals surface area (Å²) in [6.07, 6.45) is 4.63. The Bertz CT molecular complexity index is 751. The Hall–Kier alpha value is -1.92. The van der Waals surface area contributed by atoms with Crippen LogP contribution in [0.15, 0.2) is 36.4 Å². The van der Waals surface area contributed by atoms with Crippen LogP contribution in [0.2, 0.25) is 19.6 Å².